The highest BCUT2D eigenvalue weighted by atomic mass is 16.4. The second-order valence-corrected chi connectivity index (χ2v) is 7.78. The van der Waals surface area contributed by atoms with Crippen molar-refractivity contribution in [2.45, 2.75) is 26.6 Å². The Morgan fingerprint density at radius 3 is 2.66 bits per heavy atom. The van der Waals surface area contributed by atoms with Crippen molar-refractivity contribution in [2.75, 3.05) is 19.6 Å². The van der Waals surface area contributed by atoms with Crippen LogP contribution in [0.1, 0.15) is 18.3 Å². The average Bonchev–Trinajstić information content (AvgIpc) is 3.29. The van der Waals surface area contributed by atoms with Gasteiger partial charge in [-0.3, -0.25) is 9.69 Å². The number of hydrogen-bond donors (Lipinski definition) is 2. The predicted molar refractivity (Wildman–Crippen MR) is 113 cm³/mol. The summed E-state index contributed by atoms with van der Waals surface area (Å²) >= 11 is 0. The molecule has 0 saturated carbocycles. The molecule has 0 spiro atoms. The van der Waals surface area contributed by atoms with Crippen molar-refractivity contribution >= 4 is 17.0 Å². The smallest absolute Gasteiger partial charge is 0.308 e. The molecule has 1 aromatic heterocycles. The van der Waals surface area contributed by atoms with Gasteiger partial charge in [-0.1, -0.05) is 42.5 Å². The second kappa shape index (κ2) is 8.76. The molecule has 1 fully saturated rings. The van der Waals surface area contributed by atoms with Crippen molar-refractivity contribution in [3.8, 4) is 0 Å². The van der Waals surface area contributed by atoms with Crippen LogP contribution in [0, 0.1) is 11.8 Å². The Bertz CT molecular complexity index is 969. The van der Waals surface area contributed by atoms with Crippen molar-refractivity contribution in [1.29, 1.82) is 0 Å². The molecule has 29 heavy (non-hydrogen) atoms. The van der Waals surface area contributed by atoms with Crippen molar-refractivity contribution < 1.29 is 9.90 Å². The fourth-order valence-corrected chi connectivity index (χ4v) is 4.40. The van der Waals surface area contributed by atoms with Gasteiger partial charge in [0, 0.05) is 32.7 Å². The standard InChI is InChI=1S/C23H28N4O2/c1-2-27-21-11-7-6-10-20(21)25-22(27)13-24-12-18-15-26(16-19(18)23(28)29)14-17-8-4-3-5-9-17/h3-11,18-19,24H,2,12-16H2,1H3,(H,28,29)/t18-,19-/m1/s1. The van der Waals surface area contributed by atoms with Gasteiger partial charge in [0.2, 0.25) is 0 Å². The van der Waals surface area contributed by atoms with Gasteiger partial charge < -0.3 is 15.0 Å². The molecule has 0 aliphatic carbocycles. The summed E-state index contributed by atoms with van der Waals surface area (Å²) in [5.74, 6) is 0.0553. The molecular formula is C23H28N4O2. The molecule has 0 bridgehead atoms. The summed E-state index contributed by atoms with van der Waals surface area (Å²) in [6.07, 6.45) is 0. The number of benzene rings is 2. The third-order valence-electron chi connectivity index (χ3n) is 5.82. The zero-order valence-electron chi connectivity index (χ0n) is 16.8. The second-order valence-electron chi connectivity index (χ2n) is 7.78. The lowest BCUT2D eigenvalue weighted by Crippen LogP contribution is -2.31. The van der Waals surface area contributed by atoms with Crippen molar-refractivity contribution in [1.82, 2.24) is 19.8 Å². The van der Waals surface area contributed by atoms with E-state index in [0.29, 0.717) is 19.6 Å². The average molecular weight is 393 g/mol. The third-order valence-corrected chi connectivity index (χ3v) is 5.82. The molecule has 2 N–H and O–H groups in total. The first-order valence-corrected chi connectivity index (χ1v) is 10.3. The first-order chi connectivity index (χ1) is 14.2. The van der Waals surface area contributed by atoms with Crippen molar-refractivity contribution in [3.63, 3.8) is 0 Å². The van der Waals surface area contributed by atoms with Gasteiger partial charge in [-0.2, -0.15) is 0 Å². The molecule has 1 saturated heterocycles. The lowest BCUT2D eigenvalue weighted by Gasteiger charge is -2.16. The molecule has 2 atom stereocenters. The number of carbonyl (C=O) groups is 1. The van der Waals surface area contributed by atoms with Crippen LogP contribution in [0.25, 0.3) is 11.0 Å². The summed E-state index contributed by atoms with van der Waals surface area (Å²) < 4.78 is 2.22. The van der Waals surface area contributed by atoms with Crippen LogP contribution in [0.4, 0.5) is 0 Å². The number of carboxylic acids is 1. The number of rotatable bonds is 8. The molecule has 4 rings (SSSR count). The molecule has 2 heterocycles. The number of aromatic nitrogens is 2. The quantitative estimate of drug-likeness (QED) is 0.617. The van der Waals surface area contributed by atoms with Gasteiger partial charge in [-0.05, 0) is 30.5 Å². The Hall–Kier alpha value is -2.70. The molecule has 6 heteroatoms. The Morgan fingerprint density at radius 2 is 1.90 bits per heavy atom. The molecule has 2 aromatic carbocycles. The number of nitrogens with zero attached hydrogens (tertiary/aromatic N) is 3. The highest BCUT2D eigenvalue weighted by molar-refractivity contribution is 5.75. The molecule has 1 aliphatic rings. The monoisotopic (exact) mass is 392 g/mol. The highest BCUT2D eigenvalue weighted by Crippen LogP contribution is 2.25. The van der Waals surface area contributed by atoms with E-state index in [1.54, 1.807) is 0 Å². The van der Waals surface area contributed by atoms with Gasteiger partial charge >= 0.3 is 5.97 Å². The van der Waals surface area contributed by atoms with Gasteiger partial charge in [-0.25, -0.2) is 4.98 Å². The number of hydrogen-bond acceptors (Lipinski definition) is 4. The molecule has 3 aromatic rings. The molecule has 0 unspecified atom stereocenters. The number of fused-ring (bicyclic) bond motifs is 1. The summed E-state index contributed by atoms with van der Waals surface area (Å²) in [6.45, 7) is 6.50. The van der Waals surface area contributed by atoms with E-state index in [2.05, 4.69) is 39.9 Å². The number of nitrogens with one attached hydrogen (secondary N) is 1. The van der Waals surface area contributed by atoms with Crippen LogP contribution in [0.5, 0.6) is 0 Å². The fraction of sp³-hybridized carbons (Fsp3) is 0.391. The van der Waals surface area contributed by atoms with E-state index in [4.69, 9.17) is 4.98 Å². The van der Waals surface area contributed by atoms with Crippen molar-refractivity contribution in [3.05, 3.63) is 66.0 Å². The van der Waals surface area contributed by atoms with Gasteiger partial charge in [-0.15, -0.1) is 0 Å². The Kier molecular flexibility index (Phi) is 5.92. The third kappa shape index (κ3) is 4.33. The van der Waals surface area contributed by atoms with Crippen molar-refractivity contribution in [2.24, 2.45) is 11.8 Å². The zero-order valence-corrected chi connectivity index (χ0v) is 16.8. The number of aliphatic carboxylic acids is 1. The van der Waals surface area contributed by atoms with E-state index in [0.717, 1.165) is 36.5 Å². The maximum Gasteiger partial charge on any atom is 0.308 e. The van der Waals surface area contributed by atoms with Crippen LogP contribution in [-0.4, -0.2) is 45.2 Å². The van der Waals surface area contributed by atoms with Crippen LogP contribution >= 0.6 is 0 Å². The van der Waals surface area contributed by atoms with E-state index < -0.39 is 5.97 Å². The number of likely N-dealkylation sites (tertiary alicyclic amines) is 1. The van der Waals surface area contributed by atoms with E-state index in [1.807, 2.05) is 36.4 Å². The molecular weight excluding hydrogens is 364 g/mol. The maximum absolute atomic E-state index is 11.8. The summed E-state index contributed by atoms with van der Waals surface area (Å²) in [4.78, 5) is 18.8. The summed E-state index contributed by atoms with van der Waals surface area (Å²) in [6, 6.07) is 18.4. The Labute approximate surface area is 171 Å². The molecule has 0 radical (unpaired) electrons. The highest BCUT2D eigenvalue weighted by Gasteiger charge is 2.37. The summed E-state index contributed by atoms with van der Waals surface area (Å²) in [5.41, 5.74) is 3.37. The molecule has 0 amide bonds. The topological polar surface area (TPSA) is 70.4 Å². The lowest BCUT2D eigenvalue weighted by molar-refractivity contribution is -0.142. The van der Waals surface area contributed by atoms with Gasteiger partial charge in [0.1, 0.15) is 5.82 Å². The molecule has 1 aliphatic heterocycles. The maximum atomic E-state index is 11.8. The Balaban J connectivity index is 1.39. The number of aryl methyl sites for hydroxylation is 1. The lowest BCUT2D eigenvalue weighted by atomic mass is 9.96. The molecule has 6 nitrogen and oxygen atoms in total. The molecule has 152 valence electrons. The largest absolute Gasteiger partial charge is 0.481 e. The van der Waals surface area contributed by atoms with E-state index in [1.165, 1.54) is 5.56 Å². The summed E-state index contributed by atoms with van der Waals surface area (Å²) in [5, 5.41) is 13.2. The Morgan fingerprint density at radius 1 is 1.14 bits per heavy atom. The minimum absolute atomic E-state index is 0.0932. The SMILES string of the molecule is CCn1c(CNC[C@@H]2CN(Cc3ccccc3)C[C@H]2C(=O)O)nc2ccccc21. The van der Waals surface area contributed by atoms with Crippen LogP contribution < -0.4 is 5.32 Å². The number of imidazole rings is 1. The first-order valence-electron chi connectivity index (χ1n) is 10.3. The van der Waals surface area contributed by atoms with E-state index in [9.17, 15) is 9.90 Å². The normalized spacial score (nSPS) is 19.8. The van der Waals surface area contributed by atoms with Crippen LogP contribution in [0.3, 0.4) is 0 Å². The zero-order chi connectivity index (χ0) is 20.2. The van der Waals surface area contributed by atoms with Gasteiger partial charge in [0.15, 0.2) is 0 Å². The predicted octanol–water partition coefficient (Wildman–Crippen LogP) is 2.98. The van der Waals surface area contributed by atoms with Gasteiger partial charge in [0.25, 0.3) is 0 Å². The van der Waals surface area contributed by atoms with Crippen LogP contribution in [0.15, 0.2) is 54.6 Å². The minimum atomic E-state index is -0.701. The first kappa shape index (κ1) is 19.6. The van der Waals surface area contributed by atoms with Crippen LogP contribution in [0.2, 0.25) is 0 Å². The summed E-state index contributed by atoms with van der Waals surface area (Å²) in [7, 11) is 0. The fourth-order valence-electron chi connectivity index (χ4n) is 4.40. The van der Waals surface area contributed by atoms with E-state index >= 15 is 0 Å². The number of carboxylic acid groups (broad SMARTS) is 1. The number of para-hydroxylation sites is 2. The van der Waals surface area contributed by atoms with E-state index in [-0.39, 0.29) is 11.8 Å². The van der Waals surface area contributed by atoms with Crippen LogP contribution in [-0.2, 0) is 24.4 Å². The minimum Gasteiger partial charge on any atom is -0.481 e. The van der Waals surface area contributed by atoms with Gasteiger partial charge in [0.05, 0.1) is 23.5 Å².